The molecule has 1 atom stereocenters. The van der Waals surface area contributed by atoms with E-state index in [4.69, 9.17) is 9.47 Å². The zero-order valence-electron chi connectivity index (χ0n) is 13.5. The number of amides is 2. The molecule has 0 aromatic heterocycles. The van der Waals surface area contributed by atoms with Crippen molar-refractivity contribution in [1.82, 2.24) is 10.6 Å². The second-order valence-electron chi connectivity index (χ2n) is 4.94. The number of carbonyl (C=O) groups excluding carboxylic acids is 3. The second kappa shape index (κ2) is 7.49. The summed E-state index contributed by atoms with van der Waals surface area (Å²) in [4.78, 5) is 35.7. The highest BCUT2D eigenvalue weighted by Gasteiger charge is 2.34. The lowest BCUT2D eigenvalue weighted by atomic mass is 9.94. The van der Waals surface area contributed by atoms with Crippen LogP contribution in [0.3, 0.4) is 0 Å². The summed E-state index contributed by atoms with van der Waals surface area (Å²) in [6.45, 7) is 0. The van der Waals surface area contributed by atoms with Gasteiger partial charge in [0.05, 0.1) is 39.4 Å². The molecule has 1 aromatic rings. The first-order valence-corrected chi connectivity index (χ1v) is 7.09. The van der Waals surface area contributed by atoms with Gasteiger partial charge in [0.25, 0.3) is 0 Å². The van der Waals surface area contributed by atoms with E-state index in [0.717, 1.165) is 0 Å². The molecule has 24 heavy (non-hydrogen) atoms. The molecule has 0 saturated heterocycles. The van der Waals surface area contributed by atoms with Crippen molar-refractivity contribution >= 4 is 18.0 Å². The van der Waals surface area contributed by atoms with Crippen LogP contribution in [0.2, 0.25) is 0 Å². The van der Waals surface area contributed by atoms with Crippen LogP contribution in [-0.2, 0) is 19.1 Å². The average molecular weight is 334 g/mol. The molecule has 2 N–H and O–H groups in total. The standard InChI is InChI=1S/C16H18N2O6/c1-22-10-6-4-9(5-7-10)14-13(15(20)24-3)11(8-12(19)23-2)17-16(21)18-14/h4-7,14H,8H2,1-3H3,(H2,17,18,21). The van der Waals surface area contributed by atoms with Crippen LogP contribution < -0.4 is 15.4 Å². The Kier molecular flexibility index (Phi) is 5.41. The number of hydrogen-bond acceptors (Lipinski definition) is 6. The van der Waals surface area contributed by atoms with E-state index in [2.05, 4.69) is 15.4 Å². The lowest BCUT2D eigenvalue weighted by Crippen LogP contribution is -2.46. The molecular weight excluding hydrogens is 316 g/mol. The number of benzene rings is 1. The Hall–Kier alpha value is -3.03. The van der Waals surface area contributed by atoms with Crippen LogP contribution in [0.1, 0.15) is 18.0 Å². The third kappa shape index (κ3) is 3.65. The molecule has 0 radical (unpaired) electrons. The van der Waals surface area contributed by atoms with Crippen LogP contribution in [0, 0.1) is 0 Å². The third-order valence-corrected chi connectivity index (χ3v) is 3.56. The van der Waals surface area contributed by atoms with Crippen molar-refractivity contribution in [3.63, 3.8) is 0 Å². The molecule has 0 spiro atoms. The number of esters is 2. The summed E-state index contributed by atoms with van der Waals surface area (Å²) in [6.07, 6.45) is -0.249. The molecule has 1 aliphatic heterocycles. The minimum Gasteiger partial charge on any atom is -0.497 e. The van der Waals surface area contributed by atoms with Crippen LogP contribution >= 0.6 is 0 Å². The van der Waals surface area contributed by atoms with E-state index >= 15 is 0 Å². The van der Waals surface area contributed by atoms with Crippen molar-refractivity contribution in [1.29, 1.82) is 0 Å². The Morgan fingerprint density at radius 3 is 2.29 bits per heavy atom. The summed E-state index contributed by atoms with van der Waals surface area (Å²) in [5.41, 5.74) is 0.944. The molecule has 0 bridgehead atoms. The fourth-order valence-electron chi connectivity index (χ4n) is 2.37. The van der Waals surface area contributed by atoms with Gasteiger partial charge in [-0.15, -0.1) is 0 Å². The number of hydrogen-bond donors (Lipinski definition) is 2. The van der Waals surface area contributed by atoms with Crippen LogP contribution in [0.25, 0.3) is 0 Å². The molecule has 8 heteroatoms. The van der Waals surface area contributed by atoms with E-state index in [1.54, 1.807) is 24.3 Å². The zero-order valence-corrected chi connectivity index (χ0v) is 13.5. The molecule has 1 aromatic carbocycles. The van der Waals surface area contributed by atoms with Gasteiger partial charge in [-0.3, -0.25) is 4.79 Å². The summed E-state index contributed by atoms with van der Waals surface area (Å²) in [5, 5.41) is 5.13. The van der Waals surface area contributed by atoms with E-state index in [9.17, 15) is 14.4 Å². The Morgan fingerprint density at radius 2 is 1.75 bits per heavy atom. The normalized spacial score (nSPS) is 16.8. The first kappa shape index (κ1) is 17.3. The molecule has 2 rings (SSSR count). The molecule has 2 amide bonds. The van der Waals surface area contributed by atoms with Crippen LogP contribution in [0.4, 0.5) is 4.79 Å². The highest BCUT2D eigenvalue weighted by Crippen LogP contribution is 2.29. The first-order valence-electron chi connectivity index (χ1n) is 7.09. The summed E-state index contributed by atoms with van der Waals surface area (Å²) in [7, 11) is 3.99. The Balaban J connectivity index is 2.48. The van der Waals surface area contributed by atoms with Gasteiger partial charge in [-0.05, 0) is 17.7 Å². The van der Waals surface area contributed by atoms with Gasteiger partial charge in [-0.2, -0.15) is 0 Å². The van der Waals surface area contributed by atoms with Gasteiger partial charge in [0.1, 0.15) is 5.75 Å². The fourth-order valence-corrected chi connectivity index (χ4v) is 2.37. The van der Waals surface area contributed by atoms with Crippen molar-refractivity contribution in [3.8, 4) is 5.75 Å². The van der Waals surface area contributed by atoms with Gasteiger partial charge in [0.2, 0.25) is 0 Å². The van der Waals surface area contributed by atoms with Gasteiger partial charge in [-0.25, -0.2) is 9.59 Å². The second-order valence-corrected chi connectivity index (χ2v) is 4.94. The fraction of sp³-hybridized carbons (Fsp3) is 0.312. The number of urea groups is 1. The van der Waals surface area contributed by atoms with Gasteiger partial charge < -0.3 is 24.8 Å². The van der Waals surface area contributed by atoms with Crippen molar-refractivity contribution in [2.24, 2.45) is 0 Å². The lowest BCUT2D eigenvalue weighted by molar-refractivity contribution is -0.139. The van der Waals surface area contributed by atoms with Crippen LogP contribution in [0.15, 0.2) is 35.5 Å². The number of carbonyl (C=O) groups is 3. The van der Waals surface area contributed by atoms with Crippen LogP contribution in [-0.4, -0.2) is 39.3 Å². The average Bonchev–Trinajstić information content (AvgIpc) is 2.60. The molecule has 1 unspecified atom stereocenters. The summed E-state index contributed by atoms with van der Waals surface area (Å²) < 4.78 is 14.5. The van der Waals surface area contributed by atoms with Gasteiger partial charge in [-0.1, -0.05) is 12.1 Å². The lowest BCUT2D eigenvalue weighted by Gasteiger charge is -2.28. The number of rotatable bonds is 5. The maximum Gasteiger partial charge on any atom is 0.337 e. The van der Waals surface area contributed by atoms with E-state index in [1.807, 2.05) is 0 Å². The molecular formula is C16H18N2O6. The summed E-state index contributed by atoms with van der Waals surface area (Å²) in [6, 6.07) is 5.57. The number of ether oxygens (including phenoxy) is 3. The Labute approximate surface area is 138 Å². The van der Waals surface area contributed by atoms with Gasteiger partial charge in [0, 0.05) is 5.70 Å². The highest BCUT2D eigenvalue weighted by atomic mass is 16.5. The molecule has 1 heterocycles. The molecule has 0 saturated carbocycles. The van der Waals surface area contributed by atoms with E-state index in [0.29, 0.717) is 11.3 Å². The topological polar surface area (TPSA) is 103 Å². The van der Waals surface area contributed by atoms with Gasteiger partial charge in [0.15, 0.2) is 0 Å². The maximum atomic E-state index is 12.2. The summed E-state index contributed by atoms with van der Waals surface area (Å²) in [5.74, 6) is -0.596. The monoisotopic (exact) mass is 334 g/mol. The predicted octanol–water partition coefficient (Wildman–Crippen LogP) is 1.04. The number of methoxy groups -OCH3 is 3. The minimum atomic E-state index is -0.753. The first-order chi connectivity index (χ1) is 11.5. The minimum absolute atomic E-state index is 0.146. The SMILES string of the molecule is COC(=O)CC1=C(C(=O)OC)C(c2ccc(OC)cc2)NC(=O)N1. The van der Waals surface area contributed by atoms with Crippen molar-refractivity contribution < 1.29 is 28.6 Å². The molecule has 8 nitrogen and oxygen atoms in total. The van der Waals surface area contributed by atoms with E-state index in [1.165, 1.54) is 21.3 Å². The van der Waals surface area contributed by atoms with Crippen LogP contribution in [0.5, 0.6) is 5.75 Å². The zero-order chi connectivity index (χ0) is 17.7. The molecule has 128 valence electrons. The smallest absolute Gasteiger partial charge is 0.337 e. The Bertz CT molecular complexity index is 680. The number of nitrogens with one attached hydrogen (secondary N) is 2. The van der Waals surface area contributed by atoms with E-state index in [-0.39, 0.29) is 17.7 Å². The summed E-state index contributed by atoms with van der Waals surface area (Å²) >= 11 is 0. The Morgan fingerprint density at radius 1 is 1.08 bits per heavy atom. The third-order valence-electron chi connectivity index (χ3n) is 3.56. The van der Waals surface area contributed by atoms with Gasteiger partial charge >= 0.3 is 18.0 Å². The maximum absolute atomic E-state index is 12.2. The largest absolute Gasteiger partial charge is 0.497 e. The quantitative estimate of drug-likeness (QED) is 0.780. The predicted molar refractivity (Wildman–Crippen MR) is 83.1 cm³/mol. The van der Waals surface area contributed by atoms with Crippen molar-refractivity contribution in [2.45, 2.75) is 12.5 Å². The molecule has 0 fully saturated rings. The van der Waals surface area contributed by atoms with Crippen molar-refractivity contribution in [3.05, 3.63) is 41.1 Å². The molecule has 0 aliphatic carbocycles. The highest BCUT2D eigenvalue weighted by molar-refractivity contribution is 5.96. The van der Waals surface area contributed by atoms with E-state index < -0.39 is 24.0 Å². The molecule has 1 aliphatic rings. The van der Waals surface area contributed by atoms with Crippen molar-refractivity contribution in [2.75, 3.05) is 21.3 Å².